The van der Waals surface area contributed by atoms with Gasteiger partial charge in [-0.3, -0.25) is 9.59 Å². The first kappa shape index (κ1) is 19.1. The van der Waals surface area contributed by atoms with Crippen LogP contribution in [0.3, 0.4) is 0 Å². The smallest absolute Gasteiger partial charge is 0.230 e. The normalized spacial score (nSPS) is 10.5. The molecular formula is C18H18N4O3S2. The zero-order chi connectivity index (χ0) is 18.9. The minimum atomic E-state index is -0.125. The zero-order valence-electron chi connectivity index (χ0n) is 14.4. The van der Waals surface area contributed by atoms with Crippen LogP contribution in [0.1, 0.15) is 17.7 Å². The van der Waals surface area contributed by atoms with Crippen LogP contribution < -0.4 is 10.6 Å². The lowest BCUT2D eigenvalue weighted by atomic mass is 10.1. The third-order valence-corrected chi connectivity index (χ3v) is 5.48. The standard InChI is InChI=1S/C18H18N4O3S2/c23-15(9-8-13-5-2-1-3-6-13)20-17-21-22-18(27-17)26-12-16(24)19-11-14-7-4-10-25-14/h1-7,10H,8-9,11-12H2,(H,19,24)(H,20,21,23). The van der Waals surface area contributed by atoms with Gasteiger partial charge in [-0.1, -0.05) is 53.4 Å². The van der Waals surface area contributed by atoms with Gasteiger partial charge in [0.25, 0.3) is 0 Å². The van der Waals surface area contributed by atoms with Gasteiger partial charge in [0.1, 0.15) is 5.76 Å². The summed E-state index contributed by atoms with van der Waals surface area (Å²) in [5.74, 6) is 0.685. The largest absolute Gasteiger partial charge is 0.467 e. The van der Waals surface area contributed by atoms with Crippen molar-refractivity contribution >= 4 is 40.0 Å². The SMILES string of the molecule is O=C(CSc1nnc(NC(=O)CCc2ccccc2)s1)NCc1ccco1. The van der Waals surface area contributed by atoms with Gasteiger partial charge in [-0.05, 0) is 24.1 Å². The van der Waals surface area contributed by atoms with E-state index < -0.39 is 0 Å². The molecule has 9 heteroatoms. The molecule has 2 aromatic heterocycles. The number of nitrogens with zero attached hydrogens (tertiary/aromatic N) is 2. The van der Waals surface area contributed by atoms with Crippen LogP contribution in [0.2, 0.25) is 0 Å². The molecule has 0 aliphatic heterocycles. The van der Waals surface area contributed by atoms with Gasteiger partial charge in [0.15, 0.2) is 4.34 Å². The number of aromatic nitrogens is 2. The molecule has 3 aromatic rings. The van der Waals surface area contributed by atoms with E-state index in [1.165, 1.54) is 23.1 Å². The fourth-order valence-corrected chi connectivity index (χ4v) is 3.78. The van der Waals surface area contributed by atoms with Crippen molar-refractivity contribution in [3.8, 4) is 0 Å². The lowest BCUT2D eigenvalue weighted by Gasteiger charge is -2.02. The molecule has 0 spiro atoms. The minimum Gasteiger partial charge on any atom is -0.467 e. The van der Waals surface area contributed by atoms with Crippen LogP contribution in [0.25, 0.3) is 0 Å². The molecule has 0 saturated heterocycles. The second-order valence-electron chi connectivity index (χ2n) is 5.55. The van der Waals surface area contributed by atoms with E-state index in [4.69, 9.17) is 4.42 Å². The van der Waals surface area contributed by atoms with Crippen molar-refractivity contribution in [2.75, 3.05) is 11.1 Å². The van der Waals surface area contributed by atoms with Crippen molar-refractivity contribution in [2.45, 2.75) is 23.7 Å². The number of anilines is 1. The summed E-state index contributed by atoms with van der Waals surface area (Å²) in [6.45, 7) is 0.352. The number of hydrogen-bond acceptors (Lipinski definition) is 7. The molecule has 27 heavy (non-hydrogen) atoms. The summed E-state index contributed by atoms with van der Waals surface area (Å²) in [4.78, 5) is 23.8. The monoisotopic (exact) mass is 402 g/mol. The van der Waals surface area contributed by atoms with Crippen molar-refractivity contribution in [1.82, 2.24) is 15.5 Å². The first-order valence-electron chi connectivity index (χ1n) is 8.28. The van der Waals surface area contributed by atoms with Crippen LogP contribution in [0.5, 0.6) is 0 Å². The number of thioether (sulfide) groups is 1. The Morgan fingerprint density at radius 2 is 1.93 bits per heavy atom. The van der Waals surface area contributed by atoms with Crippen LogP contribution in [0, 0.1) is 0 Å². The highest BCUT2D eigenvalue weighted by Gasteiger charge is 2.11. The summed E-state index contributed by atoms with van der Waals surface area (Å²) >= 11 is 2.53. The molecule has 0 aliphatic carbocycles. The van der Waals surface area contributed by atoms with Gasteiger partial charge in [-0.15, -0.1) is 10.2 Å². The topological polar surface area (TPSA) is 97.1 Å². The van der Waals surface area contributed by atoms with Crippen molar-refractivity contribution in [3.63, 3.8) is 0 Å². The Morgan fingerprint density at radius 3 is 2.70 bits per heavy atom. The highest BCUT2D eigenvalue weighted by molar-refractivity contribution is 8.01. The number of nitrogens with one attached hydrogen (secondary N) is 2. The Bertz CT molecular complexity index is 866. The predicted molar refractivity (Wildman–Crippen MR) is 105 cm³/mol. The first-order valence-corrected chi connectivity index (χ1v) is 10.1. The minimum absolute atomic E-state index is 0.109. The molecule has 0 saturated carbocycles. The van der Waals surface area contributed by atoms with Crippen LogP contribution >= 0.6 is 23.1 Å². The number of amides is 2. The average molecular weight is 403 g/mol. The van der Waals surface area contributed by atoms with Crippen molar-refractivity contribution in [1.29, 1.82) is 0 Å². The summed E-state index contributed by atoms with van der Waals surface area (Å²) in [5, 5.41) is 13.9. The molecule has 2 N–H and O–H groups in total. The molecule has 7 nitrogen and oxygen atoms in total. The lowest BCUT2D eigenvalue weighted by Crippen LogP contribution is -2.24. The van der Waals surface area contributed by atoms with Gasteiger partial charge in [0.05, 0.1) is 18.6 Å². The first-order chi connectivity index (χ1) is 13.2. The molecule has 0 atom stereocenters. The summed E-state index contributed by atoms with van der Waals surface area (Å²) in [6.07, 6.45) is 2.61. The zero-order valence-corrected chi connectivity index (χ0v) is 16.0. The Labute approximate surface area is 164 Å². The second kappa shape index (κ2) is 9.89. The number of carbonyl (C=O) groups excluding carboxylic acids is 2. The maximum absolute atomic E-state index is 12.0. The highest BCUT2D eigenvalue weighted by Crippen LogP contribution is 2.25. The second-order valence-corrected chi connectivity index (χ2v) is 7.75. The van der Waals surface area contributed by atoms with Gasteiger partial charge in [-0.25, -0.2) is 0 Å². The molecule has 140 valence electrons. The van der Waals surface area contributed by atoms with E-state index in [1.54, 1.807) is 18.4 Å². The Kier molecular flexibility index (Phi) is 7.00. The number of furan rings is 1. The predicted octanol–water partition coefficient (Wildman–Crippen LogP) is 3.11. The number of hydrogen-bond donors (Lipinski definition) is 2. The maximum Gasteiger partial charge on any atom is 0.230 e. The summed E-state index contributed by atoms with van der Waals surface area (Å²) < 4.78 is 5.78. The van der Waals surface area contributed by atoms with E-state index in [1.807, 2.05) is 30.3 Å². The summed E-state index contributed by atoms with van der Waals surface area (Å²) in [6, 6.07) is 13.4. The molecule has 0 bridgehead atoms. The molecule has 0 radical (unpaired) electrons. The molecule has 0 fully saturated rings. The lowest BCUT2D eigenvalue weighted by molar-refractivity contribution is -0.119. The molecular weight excluding hydrogens is 384 g/mol. The van der Waals surface area contributed by atoms with Gasteiger partial charge < -0.3 is 15.1 Å². The molecule has 2 amide bonds. The van der Waals surface area contributed by atoms with Crippen molar-refractivity contribution in [3.05, 3.63) is 60.1 Å². The molecule has 1 aromatic carbocycles. The third kappa shape index (κ3) is 6.54. The van der Waals surface area contributed by atoms with Crippen molar-refractivity contribution in [2.24, 2.45) is 0 Å². The van der Waals surface area contributed by atoms with E-state index in [-0.39, 0.29) is 17.6 Å². The van der Waals surface area contributed by atoms with E-state index in [0.717, 1.165) is 5.56 Å². The van der Waals surface area contributed by atoms with E-state index >= 15 is 0 Å². The Morgan fingerprint density at radius 1 is 1.07 bits per heavy atom. The molecule has 2 heterocycles. The number of aryl methyl sites for hydroxylation is 1. The van der Waals surface area contributed by atoms with Crippen LogP contribution in [0.4, 0.5) is 5.13 Å². The fraction of sp³-hybridized carbons (Fsp3) is 0.222. The van der Waals surface area contributed by atoms with Crippen molar-refractivity contribution < 1.29 is 14.0 Å². The molecule has 0 aliphatic rings. The molecule has 3 rings (SSSR count). The maximum atomic E-state index is 12.0. The quantitative estimate of drug-likeness (QED) is 0.422. The molecule has 0 unspecified atom stereocenters. The van der Waals surface area contributed by atoms with Gasteiger partial charge >= 0.3 is 0 Å². The summed E-state index contributed by atoms with van der Waals surface area (Å²) in [7, 11) is 0. The van der Waals surface area contributed by atoms with E-state index in [0.29, 0.717) is 34.6 Å². The van der Waals surface area contributed by atoms with Gasteiger partial charge in [0.2, 0.25) is 16.9 Å². The number of benzene rings is 1. The third-order valence-electron chi connectivity index (χ3n) is 3.50. The fourth-order valence-electron chi connectivity index (χ4n) is 2.18. The van der Waals surface area contributed by atoms with E-state index in [9.17, 15) is 9.59 Å². The number of rotatable bonds is 9. The Hall–Kier alpha value is -2.65. The van der Waals surface area contributed by atoms with Crippen LogP contribution in [-0.4, -0.2) is 27.8 Å². The summed E-state index contributed by atoms with van der Waals surface area (Å²) in [5.41, 5.74) is 1.11. The average Bonchev–Trinajstić information content (AvgIpc) is 3.36. The highest BCUT2D eigenvalue weighted by atomic mass is 32.2. The van der Waals surface area contributed by atoms with Crippen LogP contribution in [0.15, 0.2) is 57.5 Å². The number of carbonyl (C=O) groups is 2. The van der Waals surface area contributed by atoms with Gasteiger partial charge in [-0.2, -0.15) is 0 Å². The Balaban J connectivity index is 1.37. The van der Waals surface area contributed by atoms with Crippen LogP contribution in [-0.2, 0) is 22.6 Å². The van der Waals surface area contributed by atoms with E-state index in [2.05, 4.69) is 20.8 Å². The van der Waals surface area contributed by atoms with Gasteiger partial charge in [0, 0.05) is 6.42 Å².